The number of carboxylic acids is 1. The number of carboxylic acid groups (broad SMARTS) is 1. The molecule has 2 aromatic carbocycles. The number of fused-ring (bicyclic) bond motifs is 3. The monoisotopic (exact) mass is 455 g/mol. The van der Waals surface area contributed by atoms with E-state index in [9.17, 15) is 23.1 Å². The standard InChI is InChI=1S/C23H21NO7S/c1-3-15-9-14-10-22(31-32(28,29)16-7-5-4-6-8-16)21(30-2)11-17(14)19-12-20(25)18(23(26)27)13-24(15)19/h4-8,10-13,15H,3,9H2,1-2H3,(H,26,27). The van der Waals surface area contributed by atoms with Crippen LogP contribution >= 0.6 is 0 Å². The second-order valence-corrected chi connectivity index (χ2v) is 8.97. The highest BCUT2D eigenvalue weighted by atomic mass is 32.2. The van der Waals surface area contributed by atoms with E-state index in [4.69, 9.17) is 8.92 Å². The number of methoxy groups -OCH3 is 1. The molecule has 1 aliphatic heterocycles. The van der Waals surface area contributed by atoms with E-state index in [1.807, 2.05) is 6.92 Å². The van der Waals surface area contributed by atoms with E-state index < -0.39 is 21.5 Å². The van der Waals surface area contributed by atoms with Crippen LogP contribution in [0.5, 0.6) is 11.5 Å². The van der Waals surface area contributed by atoms with Crippen molar-refractivity contribution < 1.29 is 27.2 Å². The first kappa shape index (κ1) is 21.6. The number of carbonyl (C=O) groups is 1. The van der Waals surface area contributed by atoms with Crippen LogP contribution in [0, 0.1) is 0 Å². The molecule has 3 aromatic rings. The minimum Gasteiger partial charge on any atom is -0.493 e. The molecule has 4 rings (SSSR count). The fourth-order valence-electron chi connectivity index (χ4n) is 3.91. The second-order valence-electron chi connectivity index (χ2n) is 7.43. The van der Waals surface area contributed by atoms with E-state index in [1.54, 1.807) is 34.9 Å². The van der Waals surface area contributed by atoms with Gasteiger partial charge in [-0.2, -0.15) is 8.42 Å². The third-order valence-electron chi connectivity index (χ3n) is 5.53. The van der Waals surface area contributed by atoms with Crippen molar-refractivity contribution in [2.75, 3.05) is 7.11 Å². The minimum absolute atomic E-state index is 0.0179. The van der Waals surface area contributed by atoms with Gasteiger partial charge < -0.3 is 18.6 Å². The van der Waals surface area contributed by atoms with Gasteiger partial charge in [-0.25, -0.2) is 4.79 Å². The molecule has 1 aromatic heterocycles. The van der Waals surface area contributed by atoms with Crippen LogP contribution in [0.4, 0.5) is 0 Å². The fraction of sp³-hybridized carbons (Fsp3) is 0.217. The third-order valence-corrected chi connectivity index (χ3v) is 6.78. The summed E-state index contributed by atoms with van der Waals surface area (Å²) in [6.07, 6.45) is 2.55. The number of pyridine rings is 1. The molecule has 0 saturated carbocycles. The average molecular weight is 455 g/mol. The molecule has 0 aliphatic carbocycles. The summed E-state index contributed by atoms with van der Waals surface area (Å²) in [6, 6.07) is 12.2. The first-order chi connectivity index (χ1) is 15.2. The maximum Gasteiger partial charge on any atom is 0.341 e. The van der Waals surface area contributed by atoms with E-state index in [0.29, 0.717) is 24.1 Å². The Hall–Kier alpha value is -3.59. The molecule has 32 heavy (non-hydrogen) atoms. The van der Waals surface area contributed by atoms with Gasteiger partial charge >= 0.3 is 16.1 Å². The lowest BCUT2D eigenvalue weighted by Crippen LogP contribution is -2.25. The van der Waals surface area contributed by atoms with Crippen LogP contribution in [0.2, 0.25) is 0 Å². The van der Waals surface area contributed by atoms with Gasteiger partial charge in [-0.1, -0.05) is 25.1 Å². The van der Waals surface area contributed by atoms with Gasteiger partial charge in [0.25, 0.3) is 0 Å². The van der Waals surface area contributed by atoms with Gasteiger partial charge in [0, 0.05) is 23.9 Å². The van der Waals surface area contributed by atoms with Crippen LogP contribution < -0.4 is 14.3 Å². The number of hydrogen-bond donors (Lipinski definition) is 1. The number of aromatic nitrogens is 1. The summed E-state index contributed by atoms with van der Waals surface area (Å²) in [4.78, 5) is 23.8. The zero-order valence-electron chi connectivity index (χ0n) is 17.4. The average Bonchev–Trinajstić information content (AvgIpc) is 2.77. The zero-order valence-corrected chi connectivity index (χ0v) is 18.3. The van der Waals surface area contributed by atoms with Crippen LogP contribution in [0.3, 0.4) is 0 Å². The Kier molecular flexibility index (Phi) is 5.52. The molecular formula is C23H21NO7S. The van der Waals surface area contributed by atoms with Crippen LogP contribution in [-0.2, 0) is 16.5 Å². The number of benzene rings is 2. The Morgan fingerprint density at radius 2 is 1.88 bits per heavy atom. The van der Waals surface area contributed by atoms with Crippen molar-refractivity contribution in [2.24, 2.45) is 0 Å². The largest absolute Gasteiger partial charge is 0.493 e. The normalized spacial score (nSPS) is 14.9. The molecule has 9 heteroatoms. The van der Waals surface area contributed by atoms with Gasteiger partial charge in [-0.15, -0.1) is 0 Å². The molecule has 0 bridgehead atoms. The van der Waals surface area contributed by atoms with Crippen molar-refractivity contribution in [2.45, 2.75) is 30.7 Å². The quantitative estimate of drug-likeness (QED) is 0.566. The van der Waals surface area contributed by atoms with E-state index >= 15 is 0 Å². The highest BCUT2D eigenvalue weighted by Crippen LogP contribution is 2.42. The summed E-state index contributed by atoms with van der Waals surface area (Å²) in [5.74, 6) is -1.05. The molecule has 1 aliphatic rings. The van der Waals surface area contributed by atoms with Gasteiger partial charge in [0.15, 0.2) is 16.9 Å². The molecular weight excluding hydrogens is 434 g/mol. The SMILES string of the molecule is CCC1Cc2cc(OS(=O)(=O)c3ccccc3)c(OC)cc2-c2cc(=O)c(C(=O)O)cn21. The molecule has 166 valence electrons. The maximum absolute atomic E-state index is 12.7. The molecule has 2 heterocycles. The summed E-state index contributed by atoms with van der Waals surface area (Å²) in [5.41, 5.74) is 1.08. The molecule has 1 N–H and O–H groups in total. The Morgan fingerprint density at radius 3 is 2.50 bits per heavy atom. The second kappa shape index (κ2) is 8.16. The topological polar surface area (TPSA) is 112 Å². The maximum atomic E-state index is 12.7. The van der Waals surface area contributed by atoms with E-state index in [2.05, 4.69) is 0 Å². The van der Waals surface area contributed by atoms with Crippen molar-refractivity contribution in [1.29, 1.82) is 0 Å². The molecule has 0 amide bonds. The number of aromatic carboxylic acids is 1. The molecule has 1 atom stereocenters. The highest BCUT2D eigenvalue weighted by molar-refractivity contribution is 7.87. The molecule has 8 nitrogen and oxygen atoms in total. The van der Waals surface area contributed by atoms with Crippen molar-refractivity contribution in [3.8, 4) is 22.8 Å². The minimum atomic E-state index is -4.07. The zero-order chi connectivity index (χ0) is 23.0. The predicted molar refractivity (Wildman–Crippen MR) is 117 cm³/mol. The number of ether oxygens (including phenoxy) is 1. The summed E-state index contributed by atoms with van der Waals surface area (Å²) in [7, 11) is -2.68. The first-order valence-corrected chi connectivity index (χ1v) is 11.4. The van der Waals surface area contributed by atoms with Crippen molar-refractivity contribution >= 4 is 16.1 Å². The lowest BCUT2D eigenvalue weighted by Gasteiger charge is -2.30. The fourth-order valence-corrected chi connectivity index (χ4v) is 4.86. The van der Waals surface area contributed by atoms with E-state index in [0.717, 1.165) is 5.56 Å². The summed E-state index contributed by atoms with van der Waals surface area (Å²) < 4.78 is 38.0. The van der Waals surface area contributed by atoms with Crippen molar-refractivity contribution in [1.82, 2.24) is 4.57 Å². The predicted octanol–water partition coefficient (Wildman–Crippen LogP) is 3.50. The van der Waals surface area contributed by atoms with Gasteiger partial charge in [0.05, 0.1) is 12.8 Å². The van der Waals surface area contributed by atoms with Crippen molar-refractivity contribution in [3.63, 3.8) is 0 Å². The highest BCUT2D eigenvalue weighted by Gasteiger charge is 2.28. The van der Waals surface area contributed by atoms with Gasteiger partial charge in [0.1, 0.15) is 10.5 Å². The molecule has 0 fully saturated rings. The lowest BCUT2D eigenvalue weighted by molar-refractivity contribution is 0.0694. The molecule has 0 saturated heterocycles. The molecule has 0 spiro atoms. The molecule has 0 radical (unpaired) electrons. The Balaban J connectivity index is 1.85. The van der Waals surface area contributed by atoms with Gasteiger partial charge in [-0.05, 0) is 42.7 Å². The van der Waals surface area contributed by atoms with Gasteiger partial charge in [0.2, 0.25) is 0 Å². The van der Waals surface area contributed by atoms with Crippen LogP contribution in [0.25, 0.3) is 11.3 Å². The van der Waals surface area contributed by atoms with E-state index in [-0.39, 0.29) is 28.0 Å². The van der Waals surface area contributed by atoms with Crippen LogP contribution in [0.15, 0.2) is 64.4 Å². The first-order valence-electron chi connectivity index (χ1n) is 9.95. The number of hydrogen-bond acceptors (Lipinski definition) is 6. The van der Waals surface area contributed by atoms with Crippen LogP contribution in [0.1, 0.15) is 35.3 Å². The Morgan fingerprint density at radius 1 is 1.16 bits per heavy atom. The lowest BCUT2D eigenvalue weighted by atomic mass is 9.90. The smallest absolute Gasteiger partial charge is 0.341 e. The Labute approximate surface area is 184 Å². The number of nitrogens with zero attached hydrogens (tertiary/aromatic N) is 1. The number of rotatable bonds is 6. The van der Waals surface area contributed by atoms with Gasteiger partial charge in [-0.3, -0.25) is 4.79 Å². The Bertz CT molecular complexity index is 1360. The summed E-state index contributed by atoms with van der Waals surface area (Å²) >= 11 is 0. The van der Waals surface area contributed by atoms with Crippen molar-refractivity contribution in [3.05, 3.63) is 76.1 Å². The van der Waals surface area contributed by atoms with E-state index in [1.165, 1.54) is 31.5 Å². The van der Waals surface area contributed by atoms with Crippen LogP contribution in [-0.4, -0.2) is 31.2 Å². The third kappa shape index (κ3) is 3.75. The summed E-state index contributed by atoms with van der Waals surface area (Å²) in [6.45, 7) is 1.96. The summed E-state index contributed by atoms with van der Waals surface area (Å²) in [5, 5.41) is 9.34. The molecule has 1 unspecified atom stereocenters.